The van der Waals surface area contributed by atoms with Crippen molar-refractivity contribution < 1.29 is 80.2 Å². The van der Waals surface area contributed by atoms with E-state index in [0.717, 1.165) is 108 Å². The molecule has 0 fully saturated rings. The minimum absolute atomic E-state index is 0.108. The van der Waals surface area contributed by atoms with Crippen LogP contribution in [-0.4, -0.2) is 96.7 Å². The topological polar surface area (TPSA) is 237 Å². The van der Waals surface area contributed by atoms with Gasteiger partial charge >= 0.3 is 39.5 Å². The van der Waals surface area contributed by atoms with E-state index >= 15 is 0 Å². The number of aliphatic hydroxyl groups excluding tert-OH is 1. The second-order valence-corrected chi connectivity index (χ2v) is 34.7. The molecule has 4 unspecified atom stereocenters. The van der Waals surface area contributed by atoms with Crippen molar-refractivity contribution in [1.82, 2.24) is 0 Å². The van der Waals surface area contributed by atoms with E-state index in [1.807, 2.05) is 0 Å². The number of hydrogen-bond acceptors (Lipinski definition) is 15. The second kappa shape index (κ2) is 78.3. The SMILES string of the molecule is CCCCCCCCCCCCCCCCCCCCCCCC(=O)O[C@H](COC(=O)CCCCCCCCCCCCCCCCC(C)CC)COP(=O)(O)OC[C@@H](O)COP(=O)(O)OC[C@@H](COC(=O)CCCCCCCCC(C)CC)OC(=O)CCCCCCCCCCCCCCCCCCC. The third-order valence-electron chi connectivity index (χ3n) is 21.2. The first kappa shape index (κ1) is 104. The number of aliphatic hydroxyl groups is 1. The lowest BCUT2D eigenvalue weighted by atomic mass is 9.99. The van der Waals surface area contributed by atoms with Crippen LogP contribution in [0.5, 0.6) is 0 Å². The van der Waals surface area contributed by atoms with Crippen LogP contribution in [0.15, 0.2) is 0 Å². The van der Waals surface area contributed by atoms with Gasteiger partial charge in [0, 0.05) is 25.7 Å². The monoisotopic (exact) mass is 1550 g/mol. The number of carbonyl (C=O) groups excluding carboxylic acids is 4. The van der Waals surface area contributed by atoms with Crippen molar-refractivity contribution in [2.75, 3.05) is 39.6 Å². The molecule has 0 aliphatic rings. The van der Waals surface area contributed by atoms with Gasteiger partial charge in [-0.25, -0.2) is 9.13 Å². The van der Waals surface area contributed by atoms with Crippen molar-refractivity contribution in [2.24, 2.45) is 11.8 Å². The van der Waals surface area contributed by atoms with Crippen LogP contribution in [0.4, 0.5) is 0 Å². The Hall–Kier alpha value is -1.94. The first-order valence-corrected chi connectivity index (χ1v) is 48.1. The highest BCUT2D eigenvalue weighted by Crippen LogP contribution is 2.45. The van der Waals surface area contributed by atoms with Crippen molar-refractivity contribution in [3.05, 3.63) is 0 Å². The summed E-state index contributed by atoms with van der Waals surface area (Å²) in [6.45, 7) is 9.69. The average Bonchev–Trinajstić information content (AvgIpc) is 0.899. The van der Waals surface area contributed by atoms with Gasteiger partial charge in [-0.1, -0.05) is 414 Å². The first-order valence-electron chi connectivity index (χ1n) is 45.1. The summed E-state index contributed by atoms with van der Waals surface area (Å²) >= 11 is 0. The van der Waals surface area contributed by atoms with Crippen LogP contribution in [0, 0.1) is 11.8 Å². The fourth-order valence-corrected chi connectivity index (χ4v) is 15.1. The predicted molar refractivity (Wildman–Crippen MR) is 437 cm³/mol. The van der Waals surface area contributed by atoms with Crippen molar-refractivity contribution in [3.8, 4) is 0 Å². The normalized spacial score (nSPS) is 14.3. The zero-order chi connectivity index (χ0) is 77.8. The highest BCUT2D eigenvalue weighted by atomic mass is 31.2. The maximum Gasteiger partial charge on any atom is 0.472 e. The third-order valence-corrected chi connectivity index (χ3v) is 23.1. The summed E-state index contributed by atoms with van der Waals surface area (Å²) in [5, 5.41) is 10.7. The number of rotatable bonds is 86. The minimum Gasteiger partial charge on any atom is -0.462 e. The summed E-state index contributed by atoms with van der Waals surface area (Å²) < 4.78 is 68.9. The zero-order valence-corrected chi connectivity index (χ0v) is 71.5. The predicted octanol–water partition coefficient (Wildman–Crippen LogP) is 26.6. The molecule has 19 heteroatoms. The van der Waals surface area contributed by atoms with E-state index in [4.69, 9.17) is 37.0 Å². The van der Waals surface area contributed by atoms with Crippen LogP contribution in [-0.2, 0) is 65.4 Å². The lowest BCUT2D eigenvalue weighted by Crippen LogP contribution is -2.30. The summed E-state index contributed by atoms with van der Waals surface area (Å²) in [4.78, 5) is 73.3. The van der Waals surface area contributed by atoms with Crippen LogP contribution < -0.4 is 0 Å². The summed E-state index contributed by atoms with van der Waals surface area (Å²) in [6, 6.07) is 0. The van der Waals surface area contributed by atoms with E-state index < -0.39 is 97.5 Å². The van der Waals surface area contributed by atoms with Gasteiger partial charge in [0.05, 0.1) is 26.4 Å². The van der Waals surface area contributed by atoms with Crippen LogP contribution in [0.3, 0.4) is 0 Å². The summed E-state index contributed by atoms with van der Waals surface area (Å²) in [6.07, 6.45) is 70.8. The molecule has 0 amide bonds. The fraction of sp³-hybridized carbons (Fsp3) is 0.954. The van der Waals surface area contributed by atoms with Crippen molar-refractivity contribution in [3.63, 3.8) is 0 Å². The molecule has 0 heterocycles. The molecular weight excluding hydrogens is 1380 g/mol. The van der Waals surface area contributed by atoms with Crippen LogP contribution >= 0.6 is 15.6 Å². The molecule has 0 aliphatic heterocycles. The summed E-state index contributed by atoms with van der Waals surface area (Å²) in [7, 11) is -9.93. The van der Waals surface area contributed by atoms with Crippen LogP contribution in [0.25, 0.3) is 0 Å². The molecule has 0 aromatic carbocycles. The smallest absolute Gasteiger partial charge is 0.462 e. The van der Waals surface area contributed by atoms with Gasteiger partial charge in [0.2, 0.25) is 0 Å². The Morgan fingerprint density at radius 3 is 0.670 bits per heavy atom. The van der Waals surface area contributed by atoms with Crippen molar-refractivity contribution >= 4 is 39.5 Å². The molecule has 0 radical (unpaired) electrons. The molecule has 106 heavy (non-hydrogen) atoms. The first-order chi connectivity index (χ1) is 51.4. The molecule has 17 nitrogen and oxygen atoms in total. The molecule has 0 aromatic heterocycles. The number of unbranched alkanes of at least 4 members (excludes halogenated alkanes) is 54. The van der Waals surface area contributed by atoms with E-state index in [2.05, 4.69) is 41.5 Å². The van der Waals surface area contributed by atoms with E-state index in [9.17, 15) is 43.2 Å². The fourth-order valence-electron chi connectivity index (χ4n) is 13.5. The molecule has 630 valence electrons. The van der Waals surface area contributed by atoms with Gasteiger partial charge in [-0.15, -0.1) is 0 Å². The Bertz CT molecular complexity index is 2030. The van der Waals surface area contributed by atoms with Gasteiger partial charge in [0.1, 0.15) is 19.3 Å². The number of phosphoric ester groups is 2. The molecule has 0 bridgehead atoms. The van der Waals surface area contributed by atoms with Gasteiger partial charge < -0.3 is 33.8 Å². The summed E-state index contributed by atoms with van der Waals surface area (Å²) in [5.74, 6) is -0.521. The number of hydrogen-bond donors (Lipinski definition) is 3. The summed E-state index contributed by atoms with van der Waals surface area (Å²) in [5.41, 5.74) is 0. The van der Waals surface area contributed by atoms with Gasteiger partial charge in [-0.05, 0) is 37.5 Å². The number of ether oxygens (including phenoxy) is 4. The maximum absolute atomic E-state index is 13.2. The minimum atomic E-state index is -4.97. The lowest BCUT2D eigenvalue weighted by molar-refractivity contribution is -0.161. The van der Waals surface area contributed by atoms with E-state index in [1.165, 1.54) is 276 Å². The Balaban J connectivity index is 5.23. The third kappa shape index (κ3) is 77.4. The van der Waals surface area contributed by atoms with Crippen LogP contribution in [0.1, 0.15) is 465 Å². The molecule has 3 N–H and O–H groups in total. The Kier molecular flexibility index (Phi) is 76.9. The number of phosphoric acid groups is 2. The zero-order valence-electron chi connectivity index (χ0n) is 69.7. The Labute approximate surface area is 651 Å². The maximum atomic E-state index is 13.2. The van der Waals surface area contributed by atoms with Crippen LogP contribution in [0.2, 0.25) is 0 Å². The average molecular weight is 1550 g/mol. The number of esters is 4. The van der Waals surface area contributed by atoms with Crippen molar-refractivity contribution in [2.45, 2.75) is 484 Å². The van der Waals surface area contributed by atoms with Gasteiger partial charge in [-0.2, -0.15) is 0 Å². The van der Waals surface area contributed by atoms with Gasteiger partial charge in [-0.3, -0.25) is 37.3 Å². The van der Waals surface area contributed by atoms with Crippen molar-refractivity contribution in [1.29, 1.82) is 0 Å². The highest BCUT2D eigenvalue weighted by molar-refractivity contribution is 7.47. The molecular formula is C87H170O17P2. The van der Waals surface area contributed by atoms with Gasteiger partial charge in [0.15, 0.2) is 12.2 Å². The second-order valence-electron chi connectivity index (χ2n) is 31.8. The largest absolute Gasteiger partial charge is 0.472 e. The lowest BCUT2D eigenvalue weighted by Gasteiger charge is -2.21. The molecule has 0 saturated heterocycles. The molecule has 0 spiro atoms. The molecule has 0 aliphatic carbocycles. The molecule has 0 saturated carbocycles. The molecule has 0 rings (SSSR count). The van der Waals surface area contributed by atoms with Gasteiger partial charge in [0.25, 0.3) is 0 Å². The van der Waals surface area contributed by atoms with E-state index in [-0.39, 0.29) is 25.7 Å². The Morgan fingerprint density at radius 1 is 0.264 bits per heavy atom. The Morgan fingerprint density at radius 2 is 0.453 bits per heavy atom. The highest BCUT2D eigenvalue weighted by Gasteiger charge is 2.30. The number of carbonyl (C=O) groups is 4. The standard InChI is InChI=1S/C87H170O17P2/c1-7-11-13-15-17-19-21-23-25-27-28-29-30-32-34-40-44-48-52-60-65-71-86(91)103-82(75-97-84(89)69-63-57-50-46-42-38-36-35-37-41-45-49-55-61-67-79(5)9-3)77-101-105(93,94)99-73-81(88)74-100-106(95,96)102-78-83(76-98-85(90)70-64-58-54-53-56-62-68-80(6)10-4)104-87(92)72-66-59-51-47-43-39-33-31-26-24-22-20-18-16-14-12-8-2/h79-83,88H,7-78H2,1-6H3,(H,93,94)(H,95,96)/t79?,80?,81-,82-,83-/m1/s1. The van der Waals surface area contributed by atoms with E-state index in [0.29, 0.717) is 25.7 Å². The molecule has 0 aromatic rings. The quantitative estimate of drug-likeness (QED) is 0.0222. The van der Waals surface area contributed by atoms with E-state index in [1.54, 1.807) is 0 Å². The molecule has 7 atom stereocenters.